The summed E-state index contributed by atoms with van der Waals surface area (Å²) in [6.45, 7) is 9.11. The van der Waals surface area contributed by atoms with Gasteiger partial charge in [0, 0.05) is 39.1 Å². The van der Waals surface area contributed by atoms with Gasteiger partial charge in [0.15, 0.2) is 0 Å². The van der Waals surface area contributed by atoms with Gasteiger partial charge in [0.2, 0.25) is 5.95 Å². The van der Waals surface area contributed by atoms with Crippen molar-refractivity contribution in [2.45, 2.75) is 55.7 Å². The summed E-state index contributed by atoms with van der Waals surface area (Å²) in [5, 5.41) is 0. The molecule has 0 aliphatic carbocycles. The van der Waals surface area contributed by atoms with Crippen molar-refractivity contribution in [2.75, 3.05) is 4.90 Å². The fourth-order valence-corrected chi connectivity index (χ4v) is 7.70. The first-order valence-electron chi connectivity index (χ1n) is 17.0. The molecule has 6 heteroatoms. The fourth-order valence-electron chi connectivity index (χ4n) is 6.77. The van der Waals surface area contributed by atoms with Gasteiger partial charge in [-0.2, -0.15) is 0 Å². The zero-order valence-corrected chi connectivity index (χ0v) is 29.1. The summed E-state index contributed by atoms with van der Waals surface area (Å²) >= 11 is 1.77. The molecule has 0 saturated heterocycles. The van der Waals surface area contributed by atoms with Crippen molar-refractivity contribution in [3.63, 3.8) is 0 Å². The lowest BCUT2D eigenvalue weighted by Gasteiger charge is -2.25. The van der Waals surface area contributed by atoms with Crippen LogP contribution in [0.1, 0.15) is 62.2 Å². The van der Waals surface area contributed by atoms with Gasteiger partial charge in [0.05, 0.1) is 29.2 Å². The number of anilines is 3. The van der Waals surface area contributed by atoms with E-state index in [-0.39, 0.29) is 0 Å². The molecule has 3 heterocycles. The van der Waals surface area contributed by atoms with Crippen LogP contribution in [0.3, 0.4) is 0 Å². The van der Waals surface area contributed by atoms with Gasteiger partial charge in [-0.05, 0) is 77.6 Å². The highest BCUT2D eigenvalue weighted by Crippen LogP contribution is 2.40. The van der Waals surface area contributed by atoms with Gasteiger partial charge in [0.1, 0.15) is 5.82 Å². The third kappa shape index (κ3) is 5.98. The lowest BCUT2D eigenvalue weighted by molar-refractivity contribution is 0.788. The average Bonchev–Trinajstić information content (AvgIpc) is 3.73. The summed E-state index contributed by atoms with van der Waals surface area (Å²) in [6, 6.07) is 45.3. The maximum atomic E-state index is 5.45. The summed E-state index contributed by atoms with van der Waals surface area (Å²) in [7, 11) is 0. The lowest BCUT2D eigenvalue weighted by Crippen LogP contribution is -2.15. The largest absolute Gasteiger partial charge is 0.302 e. The zero-order chi connectivity index (χ0) is 33.5. The molecule has 49 heavy (non-hydrogen) atoms. The van der Waals surface area contributed by atoms with Crippen molar-refractivity contribution >= 4 is 29.1 Å². The molecule has 5 aromatic carbocycles. The van der Waals surface area contributed by atoms with Crippen molar-refractivity contribution in [3.8, 4) is 22.6 Å². The van der Waals surface area contributed by atoms with Crippen LogP contribution in [0.2, 0.25) is 0 Å². The lowest BCUT2D eigenvalue weighted by atomic mass is 9.92. The van der Waals surface area contributed by atoms with E-state index < -0.39 is 0 Å². The van der Waals surface area contributed by atoms with Crippen LogP contribution in [0.15, 0.2) is 150 Å². The van der Waals surface area contributed by atoms with E-state index in [1.807, 2.05) is 0 Å². The molecule has 0 atom stereocenters. The summed E-state index contributed by atoms with van der Waals surface area (Å²) in [6.07, 6.45) is 4.99. The molecule has 0 amide bonds. The molecule has 0 spiro atoms. The Morgan fingerprint density at radius 3 is 1.88 bits per heavy atom. The maximum Gasteiger partial charge on any atom is 0.219 e. The van der Waals surface area contributed by atoms with Gasteiger partial charge in [0.25, 0.3) is 0 Å². The molecule has 0 N–H and O–H groups in total. The highest BCUT2D eigenvalue weighted by molar-refractivity contribution is 7.99. The van der Waals surface area contributed by atoms with E-state index in [1.54, 1.807) is 11.8 Å². The molecule has 1 aliphatic heterocycles. The second-order valence-electron chi connectivity index (χ2n) is 13.2. The second-order valence-corrected chi connectivity index (χ2v) is 14.4. The minimum absolute atomic E-state index is 0.349. The number of imidazole rings is 2. The molecular formula is C43H39N5S. The van der Waals surface area contributed by atoms with E-state index in [0.29, 0.717) is 18.3 Å². The molecule has 242 valence electrons. The Balaban J connectivity index is 1.41. The Hall–Kier alpha value is -5.33. The monoisotopic (exact) mass is 657 g/mol. The van der Waals surface area contributed by atoms with Crippen molar-refractivity contribution in [1.82, 2.24) is 19.1 Å². The highest BCUT2D eigenvalue weighted by Gasteiger charge is 2.25. The van der Waals surface area contributed by atoms with Crippen LogP contribution in [-0.4, -0.2) is 19.1 Å². The smallest absolute Gasteiger partial charge is 0.219 e. The normalized spacial score (nSPS) is 12.7. The maximum absolute atomic E-state index is 5.45. The van der Waals surface area contributed by atoms with Crippen molar-refractivity contribution in [3.05, 3.63) is 162 Å². The number of hydrogen-bond acceptors (Lipinski definition) is 4. The van der Waals surface area contributed by atoms with E-state index in [0.717, 1.165) is 50.7 Å². The molecular weight excluding hydrogens is 619 g/mol. The summed E-state index contributed by atoms with van der Waals surface area (Å²) < 4.78 is 4.57. The molecule has 7 aromatic rings. The predicted octanol–water partition coefficient (Wildman–Crippen LogP) is 11.5. The molecule has 8 rings (SSSR count). The zero-order valence-electron chi connectivity index (χ0n) is 28.3. The molecule has 2 aromatic heterocycles. The van der Waals surface area contributed by atoms with Gasteiger partial charge in [-0.3, -0.25) is 9.47 Å². The first kappa shape index (κ1) is 31.0. The Kier molecular flexibility index (Phi) is 8.18. The number of para-hydroxylation sites is 3. The van der Waals surface area contributed by atoms with Crippen LogP contribution in [0.25, 0.3) is 22.6 Å². The molecule has 0 saturated carbocycles. The number of aromatic nitrogens is 4. The summed E-state index contributed by atoms with van der Waals surface area (Å²) in [5.41, 5.74) is 10.0. The molecule has 0 fully saturated rings. The Morgan fingerprint density at radius 1 is 0.571 bits per heavy atom. The van der Waals surface area contributed by atoms with Gasteiger partial charge >= 0.3 is 0 Å². The van der Waals surface area contributed by atoms with Crippen LogP contribution in [0.5, 0.6) is 0 Å². The minimum Gasteiger partial charge on any atom is -0.302 e. The van der Waals surface area contributed by atoms with Gasteiger partial charge in [-0.25, -0.2) is 9.97 Å². The number of fused-ring (bicyclic) bond motifs is 9. The van der Waals surface area contributed by atoms with Crippen LogP contribution >= 0.6 is 11.8 Å². The summed E-state index contributed by atoms with van der Waals surface area (Å²) in [5.74, 6) is 2.49. The number of benzene rings is 5. The molecule has 0 unspecified atom stereocenters. The van der Waals surface area contributed by atoms with Crippen LogP contribution < -0.4 is 4.90 Å². The topological polar surface area (TPSA) is 38.9 Å². The predicted molar refractivity (Wildman–Crippen MR) is 202 cm³/mol. The SMILES string of the molecule is CC(C)c1cccc(C(C)C)c1-n1cc2nc1Cc1cn(-c3ccccc3)c(n1)N(c1ccccc1)c1cccc(c1)Sc1cccc-2c1. The van der Waals surface area contributed by atoms with E-state index >= 15 is 0 Å². The highest BCUT2D eigenvalue weighted by atomic mass is 32.2. The first-order valence-corrected chi connectivity index (χ1v) is 17.8. The fraction of sp³-hybridized carbons (Fsp3) is 0.163. The number of rotatable bonds is 5. The second kappa shape index (κ2) is 12.9. The third-order valence-corrected chi connectivity index (χ3v) is 10.1. The van der Waals surface area contributed by atoms with Crippen LogP contribution in [0.4, 0.5) is 17.3 Å². The van der Waals surface area contributed by atoms with E-state index in [4.69, 9.17) is 9.97 Å². The van der Waals surface area contributed by atoms with Crippen molar-refractivity contribution in [1.29, 1.82) is 0 Å². The Morgan fingerprint density at radius 2 is 1.18 bits per heavy atom. The van der Waals surface area contributed by atoms with E-state index in [9.17, 15) is 0 Å². The number of hydrogen-bond donors (Lipinski definition) is 0. The third-order valence-electron chi connectivity index (χ3n) is 9.13. The van der Waals surface area contributed by atoms with Crippen LogP contribution in [0, 0.1) is 0 Å². The van der Waals surface area contributed by atoms with Gasteiger partial charge in [-0.1, -0.05) is 112 Å². The molecule has 8 bridgehead atoms. The minimum atomic E-state index is 0.349. The standard InChI is InChI=1S/C43H39N5S/c1-29(2)38-22-13-23-39(30(3)4)42(38)47-28-40-31-14-11-20-36(24-31)49-37-21-12-19-35(26-37)48(34-17-9-6-10-18-34)43-44-32(25-41(47)45-40)27-46(43)33-15-7-5-8-16-33/h5-24,26-30H,25H2,1-4H3. The van der Waals surface area contributed by atoms with E-state index in [1.165, 1.54) is 21.7 Å². The summed E-state index contributed by atoms with van der Waals surface area (Å²) in [4.78, 5) is 15.4. The van der Waals surface area contributed by atoms with Gasteiger partial charge < -0.3 is 4.57 Å². The molecule has 5 nitrogen and oxygen atoms in total. The number of nitrogens with zero attached hydrogens (tertiary/aromatic N) is 5. The van der Waals surface area contributed by atoms with Crippen LogP contribution in [-0.2, 0) is 6.42 Å². The quantitative estimate of drug-likeness (QED) is 0.185. The molecule has 0 radical (unpaired) electrons. The van der Waals surface area contributed by atoms with Gasteiger partial charge in [-0.15, -0.1) is 0 Å². The Labute approximate surface area is 292 Å². The van der Waals surface area contributed by atoms with E-state index in [2.05, 4.69) is 182 Å². The first-order chi connectivity index (χ1) is 23.9. The van der Waals surface area contributed by atoms with Crippen molar-refractivity contribution < 1.29 is 0 Å². The molecule has 1 aliphatic rings. The van der Waals surface area contributed by atoms with Crippen molar-refractivity contribution in [2.24, 2.45) is 0 Å². The Bertz CT molecular complexity index is 2220. The average molecular weight is 658 g/mol.